The van der Waals surface area contributed by atoms with Gasteiger partial charge in [0.2, 0.25) is 0 Å². The highest BCUT2D eigenvalue weighted by Crippen LogP contribution is 2.29. The average molecular weight is 285 g/mol. The van der Waals surface area contributed by atoms with Gasteiger partial charge in [0.1, 0.15) is 0 Å². The molecular weight excluding hydrogens is 266 g/mol. The summed E-state index contributed by atoms with van der Waals surface area (Å²) in [7, 11) is 0. The molecule has 1 saturated carbocycles. The summed E-state index contributed by atoms with van der Waals surface area (Å²) in [6.07, 6.45) is 6.36. The van der Waals surface area contributed by atoms with Crippen LogP contribution >= 0.6 is 11.8 Å². The maximum absolute atomic E-state index is 4.38. The van der Waals surface area contributed by atoms with E-state index in [0.717, 1.165) is 23.3 Å². The summed E-state index contributed by atoms with van der Waals surface area (Å²) in [5.74, 6) is 0. The molecule has 0 spiro atoms. The lowest BCUT2D eigenvalue weighted by molar-refractivity contribution is 0.680. The van der Waals surface area contributed by atoms with E-state index in [1.807, 2.05) is 19.3 Å². The monoisotopic (exact) mass is 285 g/mol. The molecule has 3 nitrogen and oxygen atoms in total. The summed E-state index contributed by atoms with van der Waals surface area (Å²) < 4.78 is 0. The van der Waals surface area contributed by atoms with Crippen molar-refractivity contribution in [2.24, 2.45) is 0 Å². The van der Waals surface area contributed by atoms with Gasteiger partial charge in [0, 0.05) is 29.9 Å². The second kappa shape index (κ2) is 5.94. The van der Waals surface area contributed by atoms with E-state index in [4.69, 9.17) is 0 Å². The fourth-order valence-electron chi connectivity index (χ4n) is 2.02. The molecular formula is C16H19N3S. The number of benzene rings is 1. The Morgan fingerprint density at radius 1 is 1.15 bits per heavy atom. The number of aryl methyl sites for hydroxylation is 2. The number of aromatic nitrogens is 2. The molecule has 0 bridgehead atoms. The van der Waals surface area contributed by atoms with E-state index < -0.39 is 0 Å². The highest BCUT2D eigenvalue weighted by molar-refractivity contribution is 7.99. The summed E-state index contributed by atoms with van der Waals surface area (Å²) >= 11 is 1.64. The van der Waals surface area contributed by atoms with Gasteiger partial charge >= 0.3 is 0 Å². The molecule has 0 saturated heterocycles. The molecule has 1 fully saturated rings. The van der Waals surface area contributed by atoms with Crippen LogP contribution in [-0.4, -0.2) is 16.0 Å². The summed E-state index contributed by atoms with van der Waals surface area (Å²) in [4.78, 5) is 10.00. The minimum atomic E-state index is 0.726. The number of nitrogens with one attached hydrogen (secondary N) is 1. The van der Waals surface area contributed by atoms with Gasteiger partial charge in [-0.1, -0.05) is 17.7 Å². The third-order valence-electron chi connectivity index (χ3n) is 3.33. The lowest BCUT2D eigenvalue weighted by Gasteiger charge is -2.10. The predicted molar refractivity (Wildman–Crippen MR) is 81.9 cm³/mol. The minimum Gasteiger partial charge on any atom is -0.310 e. The Morgan fingerprint density at radius 2 is 1.90 bits per heavy atom. The van der Waals surface area contributed by atoms with Crippen molar-refractivity contribution in [2.75, 3.05) is 0 Å². The molecule has 2 aromatic rings. The van der Waals surface area contributed by atoms with E-state index in [0.29, 0.717) is 0 Å². The summed E-state index contributed by atoms with van der Waals surface area (Å²) in [6, 6.07) is 7.31. The summed E-state index contributed by atoms with van der Waals surface area (Å²) in [6.45, 7) is 5.07. The van der Waals surface area contributed by atoms with Crippen LogP contribution in [0.25, 0.3) is 0 Å². The topological polar surface area (TPSA) is 37.8 Å². The zero-order chi connectivity index (χ0) is 13.9. The van der Waals surface area contributed by atoms with Crippen LogP contribution in [0, 0.1) is 13.8 Å². The van der Waals surface area contributed by atoms with Crippen molar-refractivity contribution in [1.82, 2.24) is 15.3 Å². The van der Waals surface area contributed by atoms with Crippen LogP contribution in [0.1, 0.15) is 29.5 Å². The molecule has 1 aromatic carbocycles. The molecule has 0 aliphatic heterocycles. The minimum absolute atomic E-state index is 0.726. The van der Waals surface area contributed by atoms with E-state index >= 15 is 0 Å². The van der Waals surface area contributed by atoms with Crippen LogP contribution < -0.4 is 5.32 Å². The van der Waals surface area contributed by atoms with Crippen molar-refractivity contribution in [3.05, 3.63) is 47.3 Å². The molecule has 0 radical (unpaired) electrons. The van der Waals surface area contributed by atoms with Gasteiger partial charge in [0.25, 0.3) is 0 Å². The van der Waals surface area contributed by atoms with E-state index in [1.165, 1.54) is 28.9 Å². The van der Waals surface area contributed by atoms with Crippen LogP contribution in [0.4, 0.5) is 0 Å². The van der Waals surface area contributed by atoms with Crippen LogP contribution in [0.2, 0.25) is 0 Å². The smallest absolute Gasteiger partial charge is 0.192 e. The van der Waals surface area contributed by atoms with Gasteiger partial charge in [-0.3, -0.25) is 0 Å². The first-order chi connectivity index (χ1) is 9.70. The third kappa shape index (κ3) is 3.58. The molecule has 0 amide bonds. The van der Waals surface area contributed by atoms with E-state index in [2.05, 4.69) is 40.4 Å². The standard InChI is InChI=1S/C16H19N3S/c1-11-3-6-15(13(7-11)10-17-14-4-5-14)20-16-18-8-12(2)9-19-16/h3,6-9,14,17H,4-5,10H2,1-2H3. The second-order valence-electron chi connectivity index (χ2n) is 5.41. The zero-order valence-electron chi connectivity index (χ0n) is 11.9. The molecule has 1 aliphatic carbocycles. The Morgan fingerprint density at radius 3 is 2.60 bits per heavy atom. The SMILES string of the molecule is Cc1cnc(Sc2ccc(C)cc2CNC2CC2)nc1. The highest BCUT2D eigenvalue weighted by atomic mass is 32.2. The number of hydrogen-bond acceptors (Lipinski definition) is 4. The third-order valence-corrected chi connectivity index (χ3v) is 4.34. The first-order valence-electron chi connectivity index (χ1n) is 7.00. The van der Waals surface area contributed by atoms with Gasteiger partial charge in [0.05, 0.1) is 0 Å². The van der Waals surface area contributed by atoms with Crippen LogP contribution in [0.3, 0.4) is 0 Å². The van der Waals surface area contributed by atoms with Crippen molar-refractivity contribution >= 4 is 11.8 Å². The normalized spacial score (nSPS) is 14.5. The van der Waals surface area contributed by atoms with Crippen LogP contribution in [0.15, 0.2) is 40.6 Å². The predicted octanol–water partition coefficient (Wildman–Crippen LogP) is 3.50. The number of rotatable bonds is 5. The van der Waals surface area contributed by atoms with Gasteiger partial charge in [-0.15, -0.1) is 0 Å². The van der Waals surface area contributed by atoms with Gasteiger partial charge < -0.3 is 5.32 Å². The molecule has 3 rings (SSSR count). The van der Waals surface area contributed by atoms with Gasteiger partial charge in [-0.2, -0.15) is 0 Å². The molecule has 20 heavy (non-hydrogen) atoms. The Kier molecular flexibility index (Phi) is 4.03. The van der Waals surface area contributed by atoms with Crippen molar-refractivity contribution in [1.29, 1.82) is 0 Å². The lowest BCUT2D eigenvalue weighted by atomic mass is 10.1. The maximum atomic E-state index is 4.38. The van der Waals surface area contributed by atoms with E-state index in [1.54, 1.807) is 11.8 Å². The molecule has 1 heterocycles. The molecule has 1 N–H and O–H groups in total. The number of hydrogen-bond donors (Lipinski definition) is 1. The second-order valence-corrected chi connectivity index (χ2v) is 6.42. The molecule has 1 aromatic heterocycles. The average Bonchev–Trinajstić information content (AvgIpc) is 3.25. The van der Waals surface area contributed by atoms with Crippen LogP contribution in [-0.2, 0) is 6.54 Å². The van der Waals surface area contributed by atoms with Gasteiger partial charge in [-0.25, -0.2) is 9.97 Å². The molecule has 0 unspecified atom stereocenters. The van der Waals surface area contributed by atoms with E-state index in [-0.39, 0.29) is 0 Å². The largest absolute Gasteiger partial charge is 0.310 e. The van der Waals surface area contributed by atoms with Gasteiger partial charge in [-0.05, 0) is 55.6 Å². The molecule has 1 aliphatic rings. The fraction of sp³-hybridized carbons (Fsp3) is 0.375. The van der Waals surface area contributed by atoms with Crippen molar-refractivity contribution in [2.45, 2.75) is 49.3 Å². The summed E-state index contributed by atoms with van der Waals surface area (Å²) in [5, 5.41) is 4.39. The summed E-state index contributed by atoms with van der Waals surface area (Å²) in [5.41, 5.74) is 3.73. The first kappa shape index (κ1) is 13.6. The van der Waals surface area contributed by atoms with Gasteiger partial charge in [0.15, 0.2) is 5.16 Å². The quantitative estimate of drug-likeness (QED) is 0.853. The lowest BCUT2D eigenvalue weighted by Crippen LogP contribution is -2.15. The highest BCUT2D eigenvalue weighted by Gasteiger charge is 2.20. The Bertz CT molecular complexity index is 591. The first-order valence-corrected chi connectivity index (χ1v) is 7.82. The fourth-order valence-corrected chi connectivity index (χ4v) is 2.83. The molecule has 104 valence electrons. The Balaban J connectivity index is 1.77. The van der Waals surface area contributed by atoms with Crippen molar-refractivity contribution in [3.63, 3.8) is 0 Å². The van der Waals surface area contributed by atoms with Crippen molar-refractivity contribution < 1.29 is 0 Å². The Labute approximate surface area is 124 Å². The molecule has 0 atom stereocenters. The molecule has 4 heteroatoms. The maximum Gasteiger partial charge on any atom is 0.192 e. The number of nitrogens with zero attached hydrogens (tertiary/aromatic N) is 2. The Hall–Kier alpha value is -1.39. The van der Waals surface area contributed by atoms with Crippen LogP contribution in [0.5, 0.6) is 0 Å². The van der Waals surface area contributed by atoms with Crippen molar-refractivity contribution in [3.8, 4) is 0 Å². The van der Waals surface area contributed by atoms with E-state index in [9.17, 15) is 0 Å². The zero-order valence-corrected chi connectivity index (χ0v) is 12.7.